The van der Waals surface area contributed by atoms with Gasteiger partial charge in [0.2, 0.25) is 11.8 Å². The molecule has 1 aromatic heterocycles. The summed E-state index contributed by atoms with van der Waals surface area (Å²) in [7, 11) is 4.62. The number of fused-ring (bicyclic) bond motifs is 1. The van der Waals surface area contributed by atoms with Crippen LogP contribution in [0.15, 0.2) is 42.5 Å². The SMILES string of the molecule is COCCN(C(=O)Cn1nnc2ccccc21)C(C(=O)NC(C)(C)C)c1cc(OC)cc(OC)c1. The number of benzene rings is 2. The summed E-state index contributed by atoms with van der Waals surface area (Å²) in [5, 5.41) is 11.3. The zero-order valence-corrected chi connectivity index (χ0v) is 21.1. The van der Waals surface area contributed by atoms with Crippen LogP contribution in [0.25, 0.3) is 11.0 Å². The Labute approximate surface area is 205 Å². The summed E-state index contributed by atoms with van der Waals surface area (Å²) in [5.41, 5.74) is 1.45. The third-order valence-electron chi connectivity index (χ3n) is 5.31. The summed E-state index contributed by atoms with van der Waals surface area (Å²) in [4.78, 5) is 28.8. The molecule has 2 amide bonds. The maximum absolute atomic E-state index is 13.7. The minimum absolute atomic E-state index is 0.0926. The zero-order valence-electron chi connectivity index (χ0n) is 21.1. The molecule has 0 bridgehead atoms. The van der Waals surface area contributed by atoms with Gasteiger partial charge in [-0.2, -0.15) is 0 Å². The van der Waals surface area contributed by atoms with Crippen LogP contribution in [0.3, 0.4) is 0 Å². The fourth-order valence-electron chi connectivity index (χ4n) is 3.74. The van der Waals surface area contributed by atoms with Crippen LogP contribution in [0.1, 0.15) is 32.4 Å². The molecule has 10 nitrogen and oxygen atoms in total. The Hall–Kier alpha value is -3.66. The maximum atomic E-state index is 13.7. The summed E-state index contributed by atoms with van der Waals surface area (Å²) in [6, 6.07) is 11.6. The van der Waals surface area contributed by atoms with Gasteiger partial charge in [-0.15, -0.1) is 5.10 Å². The fraction of sp³-hybridized carbons (Fsp3) is 0.440. The van der Waals surface area contributed by atoms with Gasteiger partial charge in [0.1, 0.15) is 29.6 Å². The Morgan fingerprint density at radius 2 is 1.71 bits per heavy atom. The molecule has 0 radical (unpaired) electrons. The number of nitrogens with zero attached hydrogens (tertiary/aromatic N) is 4. The normalized spacial score (nSPS) is 12.3. The van der Waals surface area contributed by atoms with Crippen molar-refractivity contribution in [2.45, 2.75) is 38.9 Å². The van der Waals surface area contributed by atoms with E-state index in [0.29, 0.717) is 22.6 Å². The standard InChI is InChI=1S/C25H33N5O5/c1-25(2,3)26-24(32)23(17-13-18(34-5)15-19(14-17)35-6)29(11-12-33-4)22(31)16-30-21-10-8-7-9-20(21)27-28-30/h7-10,13-15,23H,11-12,16H2,1-6H3,(H,26,32). The number of hydrogen-bond donors (Lipinski definition) is 1. The first-order chi connectivity index (χ1) is 16.7. The smallest absolute Gasteiger partial charge is 0.247 e. The van der Waals surface area contributed by atoms with Gasteiger partial charge in [-0.1, -0.05) is 17.3 Å². The van der Waals surface area contributed by atoms with Crippen molar-refractivity contribution >= 4 is 22.8 Å². The number of hydrogen-bond acceptors (Lipinski definition) is 7. The first-order valence-corrected chi connectivity index (χ1v) is 11.3. The summed E-state index contributed by atoms with van der Waals surface area (Å²) < 4.78 is 17.6. The predicted octanol–water partition coefficient (Wildman–Crippen LogP) is 2.58. The van der Waals surface area contributed by atoms with Crippen molar-refractivity contribution in [1.29, 1.82) is 0 Å². The Bertz CT molecular complexity index is 1150. The van der Waals surface area contributed by atoms with Gasteiger partial charge in [0, 0.05) is 25.3 Å². The highest BCUT2D eigenvalue weighted by molar-refractivity contribution is 5.89. The number of rotatable bonds is 10. The Morgan fingerprint density at radius 1 is 1.06 bits per heavy atom. The van der Waals surface area contributed by atoms with Crippen LogP contribution in [-0.4, -0.2) is 71.7 Å². The van der Waals surface area contributed by atoms with Crippen molar-refractivity contribution in [3.63, 3.8) is 0 Å². The number of carbonyl (C=O) groups is 2. The molecule has 0 aliphatic rings. The van der Waals surface area contributed by atoms with E-state index >= 15 is 0 Å². The van der Waals surface area contributed by atoms with Crippen LogP contribution >= 0.6 is 0 Å². The second-order valence-corrected chi connectivity index (χ2v) is 9.10. The number of methoxy groups -OCH3 is 3. The van der Waals surface area contributed by atoms with Crippen LogP contribution < -0.4 is 14.8 Å². The summed E-state index contributed by atoms with van der Waals surface area (Å²) in [6.45, 7) is 5.99. The molecule has 0 saturated carbocycles. The van der Waals surface area contributed by atoms with Gasteiger partial charge in [0.15, 0.2) is 0 Å². The number of carbonyl (C=O) groups excluding carboxylic acids is 2. The second-order valence-electron chi connectivity index (χ2n) is 9.10. The summed E-state index contributed by atoms with van der Waals surface area (Å²) >= 11 is 0. The number of amides is 2. The average Bonchev–Trinajstić information content (AvgIpc) is 3.22. The molecule has 3 aromatic rings. The lowest BCUT2D eigenvalue weighted by molar-refractivity contribution is -0.142. The van der Waals surface area contributed by atoms with E-state index in [0.717, 1.165) is 5.52 Å². The molecule has 35 heavy (non-hydrogen) atoms. The summed E-state index contributed by atoms with van der Waals surface area (Å²) in [6.07, 6.45) is 0. The van der Waals surface area contributed by atoms with Crippen molar-refractivity contribution in [3.8, 4) is 11.5 Å². The van der Waals surface area contributed by atoms with Crippen molar-refractivity contribution in [3.05, 3.63) is 48.0 Å². The molecule has 1 heterocycles. The summed E-state index contributed by atoms with van der Waals surface area (Å²) in [5.74, 6) is 0.373. The van der Waals surface area contributed by atoms with Gasteiger partial charge in [0.25, 0.3) is 0 Å². The first kappa shape index (κ1) is 26.0. The van der Waals surface area contributed by atoms with E-state index in [9.17, 15) is 9.59 Å². The lowest BCUT2D eigenvalue weighted by Crippen LogP contribution is -2.50. The molecule has 0 spiro atoms. The highest BCUT2D eigenvalue weighted by Gasteiger charge is 2.34. The molecular weight excluding hydrogens is 450 g/mol. The van der Waals surface area contributed by atoms with E-state index in [-0.39, 0.29) is 31.5 Å². The third-order valence-corrected chi connectivity index (χ3v) is 5.31. The predicted molar refractivity (Wildman–Crippen MR) is 131 cm³/mol. The van der Waals surface area contributed by atoms with Crippen LogP contribution in [0.2, 0.25) is 0 Å². The minimum Gasteiger partial charge on any atom is -0.497 e. The molecule has 10 heteroatoms. The lowest BCUT2D eigenvalue weighted by atomic mass is 10.0. The highest BCUT2D eigenvalue weighted by atomic mass is 16.5. The van der Waals surface area contributed by atoms with E-state index in [4.69, 9.17) is 14.2 Å². The molecule has 1 N–H and O–H groups in total. The van der Waals surface area contributed by atoms with Gasteiger partial charge in [-0.05, 0) is 50.6 Å². The van der Waals surface area contributed by atoms with E-state index in [2.05, 4.69) is 15.6 Å². The molecular formula is C25H33N5O5. The van der Waals surface area contributed by atoms with Crippen molar-refractivity contribution in [1.82, 2.24) is 25.2 Å². The monoisotopic (exact) mass is 483 g/mol. The molecule has 188 valence electrons. The van der Waals surface area contributed by atoms with Crippen LogP contribution in [-0.2, 0) is 20.9 Å². The molecule has 0 saturated heterocycles. The van der Waals surface area contributed by atoms with Gasteiger partial charge in [-0.25, -0.2) is 4.68 Å². The van der Waals surface area contributed by atoms with Gasteiger partial charge in [0.05, 0.1) is 26.3 Å². The Morgan fingerprint density at radius 3 is 2.31 bits per heavy atom. The number of para-hydroxylation sites is 1. The van der Waals surface area contributed by atoms with E-state index in [1.165, 1.54) is 23.8 Å². The number of ether oxygens (including phenoxy) is 3. The van der Waals surface area contributed by atoms with Crippen LogP contribution in [0.4, 0.5) is 0 Å². The topological polar surface area (TPSA) is 108 Å². The fourth-order valence-corrected chi connectivity index (χ4v) is 3.74. The van der Waals surface area contributed by atoms with Crippen molar-refractivity contribution in [2.75, 3.05) is 34.5 Å². The molecule has 3 rings (SSSR count). The van der Waals surface area contributed by atoms with Crippen LogP contribution in [0.5, 0.6) is 11.5 Å². The zero-order chi connectivity index (χ0) is 25.6. The lowest BCUT2D eigenvalue weighted by Gasteiger charge is -2.34. The Kier molecular flexibility index (Phi) is 8.29. The van der Waals surface area contributed by atoms with Gasteiger partial charge >= 0.3 is 0 Å². The number of nitrogens with one attached hydrogen (secondary N) is 1. The molecule has 1 atom stereocenters. The van der Waals surface area contributed by atoms with Crippen molar-refractivity contribution in [2.24, 2.45) is 0 Å². The minimum atomic E-state index is -0.962. The number of aromatic nitrogens is 3. The van der Waals surface area contributed by atoms with E-state index in [1.807, 2.05) is 45.0 Å². The average molecular weight is 484 g/mol. The quantitative estimate of drug-likeness (QED) is 0.472. The largest absolute Gasteiger partial charge is 0.497 e. The highest BCUT2D eigenvalue weighted by Crippen LogP contribution is 2.31. The van der Waals surface area contributed by atoms with Gasteiger partial charge < -0.3 is 24.4 Å². The molecule has 1 unspecified atom stereocenters. The van der Waals surface area contributed by atoms with Gasteiger partial charge in [-0.3, -0.25) is 9.59 Å². The Balaban J connectivity index is 2.06. The first-order valence-electron chi connectivity index (χ1n) is 11.3. The molecule has 2 aromatic carbocycles. The second kappa shape index (κ2) is 11.2. The van der Waals surface area contributed by atoms with Crippen LogP contribution in [0, 0.1) is 0 Å². The van der Waals surface area contributed by atoms with Crippen molar-refractivity contribution < 1.29 is 23.8 Å². The molecule has 0 fully saturated rings. The van der Waals surface area contributed by atoms with E-state index < -0.39 is 11.6 Å². The third kappa shape index (κ3) is 6.48. The maximum Gasteiger partial charge on any atom is 0.247 e. The molecule has 0 aliphatic carbocycles. The van der Waals surface area contributed by atoms with E-state index in [1.54, 1.807) is 25.3 Å². The molecule has 0 aliphatic heterocycles.